The monoisotopic (exact) mass is 350 g/mol. The van der Waals surface area contributed by atoms with E-state index in [2.05, 4.69) is 33.5 Å². The number of fused-ring (bicyclic) bond motifs is 1. The van der Waals surface area contributed by atoms with Gasteiger partial charge in [0.2, 0.25) is 0 Å². The molecule has 0 bridgehead atoms. The first-order chi connectivity index (χ1) is 13.2. The summed E-state index contributed by atoms with van der Waals surface area (Å²) in [5.41, 5.74) is 6.37. The highest BCUT2D eigenvalue weighted by Gasteiger charge is 2.09. The Kier molecular flexibility index (Phi) is 4.42. The molecular formula is C23H18N4. The third kappa shape index (κ3) is 3.58. The van der Waals surface area contributed by atoms with Crippen molar-refractivity contribution in [3.8, 4) is 6.07 Å². The summed E-state index contributed by atoms with van der Waals surface area (Å²) in [5, 5.41) is 14.1. The van der Waals surface area contributed by atoms with Crippen LogP contribution in [-0.2, 0) is 0 Å². The maximum absolute atomic E-state index is 9.52. The van der Waals surface area contributed by atoms with Crippen molar-refractivity contribution in [1.82, 2.24) is 9.97 Å². The number of hydrogen-bond acceptors (Lipinski definition) is 3. The van der Waals surface area contributed by atoms with Crippen LogP contribution in [0.4, 0.5) is 11.4 Å². The summed E-state index contributed by atoms with van der Waals surface area (Å²) in [6.07, 6.45) is 7.34. The fraction of sp³-hybridized carbons (Fsp3) is 0.0435. The van der Waals surface area contributed by atoms with Gasteiger partial charge in [0.1, 0.15) is 6.07 Å². The van der Waals surface area contributed by atoms with Crippen molar-refractivity contribution in [2.45, 2.75) is 6.92 Å². The lowest BCUT2D eigenvalue weighted by molar-refractivity contribution is 1.29. The number of aromatic nitrogens is 2. The van der Waals surface area contributed by atoms with Gasteiger partial charge in [0.05, 0.1) is 11.3 Å². The molecular weight excluding hydrogens is 332 g/mol. The molecule has 2 aromatic heterocycles. The average molecular weight is 350 g/mol. The second-order valence-corrected chi connectivity index (χ2v) is 6.39. The number of pyridine rings is 1. The van der Waals surface area contributed by atoms with Crippen molar-refractivity contribution in [1.29, 1.82) is 5.26 Å². The number of nitriles is 1. The van der Waals surface area contributed by atoms with E-state index >= 15 is 0 Å². The molecule has 2 heterocycles. The average Bonchev–Trinajstić information content (AvgIpc) is 3.07. The zero-order valence-corrected chi connectivity index (χ0v) is 14.9. The largest absolute Gasteiger partial charge is 0.359 e. The second kappa shape index (κ2) is 7.19. The molecule has 0 unspecified atom stereocenters. The maximum Gasteiger partial charge on any atom is 0.103 e. The summed E-state index contributed by atoms with van der Waals surface area (Å²) in [6, 6.07) is 20.5. The molecule has 2 aromatic carbocycles. The van der Waals surface area contributed by atoms with Crippen LogP contribution in [-0.4, -0.2) is 9.97 Å². The lowest BCUT2D eigenvalue weighted by atomic mass is 10.1. The van der Waals surface area contributed by atoms with E-state index in [0.29, 0.717) is 5.56 Å². The Morgan fingerprint density at radius 2 is 1.89 bits per heavy atom. The fourth-order valence-electron chi connectivity index (χ4n) is 3.08. The first kappa shape index (κ1) is 16.6. The summed E-state index contributed by atoms with van der Waals surface area (Å²) >= 11 is 0. The summed E-state index contributed by atoms with van der Waals surface area (Å²) in [4.78, 5) is 7.53. The van der Waals surface area contributed by atoms with Crippen LogP contribution in [0.25, 0.3) is 23.1 Å². The van der Waals surface area contributed by atoms with Gasteiger partial charge < -0.3 is 10.3 Å². The molecule has 0 saturated heterocycles. The predicted molar refractivity (Wildman–Crippen MR) is 111 cm³/mol. The van der Waals surface area contributed by atoms with Crippen LogP contribution in [0.5, 0.6) is 0 Å². The summed E-state index contributed by atoms with van der Waals surface area (Å²) in [6.45, 7) is 2.04. The molecule has 0 atom stereocenters. The van der Waals surface area contributed by atoms with Crippen molar-refractivity contribution < 1.29 is 0 Å². The Morgan fingerprint density at radius 1 is 1.04 bits per heavy atom. The molecule has 0 aliphatic carbocycles. The highest BCUT2D eigenvalue weighted by Crippen LogP contribution is 2.28. The van der Waals surface area contributed by atoms with Crippen LogP contribution in [0.3, 0.4) is 0 Å². The molecule has 130 valence electrons. The van der Waals surface area contributed by atoms with Crippen molar-refractivity contribution in [2.75, 3.05) is 5.32 Å². The predicted octanol–water partition coefficient (Wildman–Crippen LogP) is 5.66. The summed E-state index contributed by atoms with van der Waals surface area (Å²) in [7, 11) is 0. The van der Waals surface area contributed by atoms with Crippen LogP contribution in [0.2, 0.25) is 0 Å². The molecule has 4 heteroatoms. The molecule has 2 N–H and O–H groups in total. The van der Waals surface area contributed by atoms with Gasteiger partial charge in [-0.25, -0.2) is 0 Å². The quantitative estimate of drug-likeness (QED) is 0.499. The Morgan fingerprint density at radius 3 is 2.70 bits per heavy atom. The van der Waals surface area contributed by atoms with Crippen molar-refractivity contribution in [3.63, 3.8) is 0 Å². The topological polar surface area (TPSA) is 64.5 Å². The van der Waals surface area contributed by atoms with Gasteiger partial charge in [-0.05, 0) is 36.8 Å². The van der Waals surface area contributed by atoms with Crippen LogP contribution >= 0.6 is 0 Å². The van der Waals surface area contributed by atoms with Crippen molar-refractivity contribution in [3.05, 3.63) is 89.4 Å². The van der Waals surface area contributed by atoms with Crippen molar-refractivity contribution >= 4 is 34.4 Å². The number of aryl methyl sites for hydroxylation is 1. The minimum atomic E-state index is 0.510. The lowest BCUT2D eigenvalue weighted by Crippen LogP contribution is -1.97. The molecule has 4 rings (SSSR count). The fourth-order valence-corrected chi connectivity index (χ4v) is 3.08. The van der Waals surface area contributed by atoms with Gasteiger partial charge in [-0.2, -0.15) is 5.26 Å². The summed E-state index contributed by atoms with van der Waals surface area (Å²) < 4.78 is 0. The number of H-pyrrole nitrogens is 1. The van der Waals surface area contributed by atoms with E-state index in [-0.39, 0.29) is 0 Å². The maximum atomic E-state index is 9.52. The smallest absolute Gasteiger partial charge is 0.103 e. The first-order valence-electron chi connectivity index (χ1n) is 8.70. The molecule has 0 spiro atoms. The Hall–Kier alpha value is -3.84. The van der Waals surface area contributed by atoms with E-state index in [1.807, 2.05) is 61.5 Å². The van der Waals surface area contributed by atoms with Gasteiger partial charge in [-0.1, -0.05) is 42.5 Å². The molecule has 0 amide bonds. The minimum absolute atomic E-state index is 0.510. The lowest BCUT2D eigenvalue weighted by Gasteiger charge is -2.11. The van der Waals surface area contributed by atoms with Gasteiger partial charge in [0.15, 0.2) is 0 Å². The van der Waals surface area contributed by atoms with Gasteiger partial charge >= 0.3 is 0 Å². The van der Waals surface area contributed by atoms with Crippen LogP contribution in [0.15, 0.2) is 67.0 Å². The Bertz CT molecular complexity index is 1160. The van der Waals surface area contributed by atoms with Crippen LogP contribution < -0.4 is 5.32 Å². The van der Waals surface area contributed by atoms with E-state index in [0.717, 1.165) is 39.1 Å². The first-order valence-corrected chi connectivity index (χ1v) is 8.70. The number of nitrogens with zero attached hydrogens (tertiary/aromatic N) is 2. The molecule has 0 aliphatic heterocycles. The SMILES string of the molecule is Cc1cc2cc(Nc3c(C#N)cncc3/C=C/c3ccccc3)ccc2[nH]1. The highest BCUT2D eigenvalue weighted by atomic mass is 14.9. The Balaban J connectivity index is 1.71. The molecule has 4 aromatic rings. The molecule has 0 radical (unpaired) electrons. The second-order valence-electron chi connectivity index (χ2n) is 6.39. The minimum Gasteiger partial charge on any atom is -0.359 e. The van der Waals surface area contributed by atoms with E-state index in [1.54, 1.807) is 12.4 Å². The number of benzene rings is 2. The van der Waals surface area contributed by atoms with E-state index in [1.165, 1.54) is 0 Å². The number of nitrogens with one attached hydrogen (secondary N) is 2. The molecule has 0 fully saturated rings. The number of anilines is 2. The number of rotatable bonds is 4. The summed E-state index contributed by atoms with van der Waals surface area (Å²) in [5.74, 6) is 0. The molecule has 0 aliphatic rings. The molecule has 0 saturated carbocycles. The van der Waals surface area contributed by atoms with E-state index in [9.17, 15) is 5.26 Å². The molecule has 27 heavy (non-hydrogen) atoms. The molecule has 4 nitrogen and oxygen atoms in total. The Labute approximate surface area is 157 Å². The zero-order chi connectivity index (χ0) is 18.6. The third-order valence-corrected chi connectivity index (χ3v) is 4.38. The van der Waals surface area contributed by atoms with Crippen LogP contribution in [0.1, 0.15) is 22.4 Å². The van der Waals surface area contributed by atoms with Crippen LogP contribution in [0, 0.1) is 18.3 Å². The zero-order valence-electron chi connectivity index (χ0n) is 14.9. The highest BCUT2D eigenvalue weighted by molar-refractivity contribution is 5.87. The normalized spacial score (nSPS) is 11.0. The van der Waals surface area contributed by atoms with E-state index in [4.69, 9.17) is 0 Å². The number of hydrogen-bond donors (Lipinski definition) is 2. The standard InChI is InChI=1S/C23H18N4/c1-16-11-19-12-21(9-10-22(19)26-16)27-23-18(14-25-15-20(23)13-24)8-7-17-5-3-2-4-6-17/h2-12,14-15,26H,1H3,(H,25,27)/b8-7+. The van der Waals surface area contributed by atoms with Gasteiger partial charge in [-0.3, -0.25) is 4.98 Å². The third-order valence-electron chi connectivity index (χ3n) is 4.38. The van der Waals surface area contributed by atoms with E-state index < -0.39 is 0 Å². The number of aromatic amines is 1. The van der Waals surface area contributed by atoms with Gasteiger partial charge in [-0.15, -0.1) is 0 Å². The van der Waals surface area contributed by atoms with Crippen molar-refractivity contribution in [2.24, 2.45) is 0 Å². The van der Waals surface area contributed by atoms with Gasteiger partial charge in [0.25, 0.3) is 0 Å². The van der Waals surface area contributed by atoms with Gasteiger partial charge in [0, 0.05) is 40.2 Å².